The molecule has 1 aliphatic heterocycles. The van der Waals surface area contributed by atoms with Crippen LogP contribution in [0.15, 0.2) is 0 Å². The van der Waals surface area contributed by atoms with Crippen LogP contribution in [0.4, 0.5) is 17.6 Å². The number of hydrogen-bond donors (Lipinski definition) is 1. The topological polar surface area (TPSA) is 46.3 Å². The highest BCUT2D eigenvalue weighted by Crippen LogP contribution is 2.27. The molecule has 2 atom stereocenters. The number of alkyl halides is 4. The molecule has 1 aliphatic rings. The third kappa shape index (κ3) is 2.45. The van der Waals surface area contributed by atoms with Crippen LogP contribution in [0.1, 0.15) is 13.3 Å². The van der Waals surface area contributed by atoms with E-state index in [1.807, 2.05) is 0 Å². The molecular formula is C9H14F4N2O. The van der Waals surface area contributed by atoms with Crippen molar-refractivity contribution in [3.63, 3.8) is 0 Å². The largest absolute Gasteiger partial charge is 0.383 e. The van der Waals surface area contributed by atoms with E-state index >= 15 is 0 Å². The fourth-order valence-electron chi connectivity index (χ4n) is 1.65. The van der Waals surface area contributed by atoms with Crippen molar-refractivity contribution >= 4 is 5.91 Å². The van der Waals surface area contributed by atoms with Crippen LogP contribution in [0, 0.1) is 5.92 Å². The minimum atomic E-state index is -4.60. The molecule has 1 saturated heterocycles. The number of nitrogens with zero attached hydrogens (tertiary/aromatic N) is 1. The Morgan fingerprint density at radius 1 is 1.50 bits per heavy atom. The molecule has 1 heterocycles. The summed E-state index contributed by atoms with van der Waals surface area (Å²) in [5.74, 6) is -6.56. The van der Waals surface area contributed by atoms with E-state index in [0.717, 1.165) is 4.90 Å². The average Bonchev–Trinajstić information content (AvgIpc) is 2.20. The Balaban J connectivity index is 2.69. The minimum Gasteiger partial charge on any atom is -0.337 e. The number of rotatable bonds is 2. The van der Waals surface area contributed by atoms with Gasteiger partial charge in [0.2, 0.25) is 0 Å². The van der Waals surface area contributed by atoms with Gasteiger partial charge < -0.3 is 10.6 Å². The molecule has 94 valence electrons. The molecule has 1 rings (SSSR count). The van der Waals surface area contributed by atoms with Gasteiger partial charge in [0.25, 0.3) is 5.91 Å². The highest BCUT2D eigenvalue weighted by molar-refractivity contribution is 5.84. The van der Waals surface area contributed by atoms with E-state index in [9.17, 15) is 22.4 Å². The second kappa shape index (κ2) is 4.57. The molecule has 2 unspecified atom stereocenters. The van der Waals surface area contributed by atoms with Gasteiger partial charge in [0, 0.05) is 19.1 Å². The Kier molecular flexibility index (Phi) is 3.77. The van der Waals surface area contributed by atoms with Gasteiger partial charge in [-0.2, -0.15) is 8.78 Å². The van der Waals surface area contributed by atoms with Crippen molar-refractivity contribution in [2.24, 2.45) is 11.7 Å². The fraction of sp³-hybridized carbons (Fsp3) is 0.889. The number of halogens is 4. The molecule has 7 heteroatoms. The van der Waals surface area contributed by atoms with Gasteiger partial charge in [0.1, 0.15) is 0 Å². The molecule has 0 bridgehead atoms. The summed E-state index contributed by atoms with van der Waals surface area (Å²) in [7, 11) is 0. The van der Waals surface area contributed by atoms with Crippen molar-refractivity contribution in [2.75, 3.05) is 13.1 Å². The maximum Gasteiger partial charge on any atom is 0.383 e. The molecule has 3 nitrogen and oxygen atoms in total. The van der Waals surface area contributed by atoms with Crippen molar-refractivity contribution in [1.29, 1.82) is 0 Å². The Morgan fingerprint density at radius 3 is 2.50 bits per heavy atom. The average molecular weight is 242 g/mol. The molecule has 0 radical (unpaired) electrons. The second-order valence-corrected chi connectivity index (χ2v) is 4.10. The summed E-state index contributed by atoms with van der Waals surface area (Å²) in [5.41, 5.74) is 5.64. The first-order valence-corrected chi connectivity index (χ1v) is 4.97. The van der Waals surface area contributed by atoms with Crippen molar-refractivity contribution in [1.82, 2.24) is 4.90 Å². The molecule has 0 spiro atoms. The lowest BCUT2D eigenvalue weighted by Crippen LogP contribution is -2.54. The van der Waals surface area contributed by atoms with E-state index in [2.05, 4.69) is 0 Å². The van der Waals surface area contributed by atoms with Gasteiger partial charge in [-0.3, -0.25) is 4.79 Å². The zero-order chi connectivity index (χ0) is 12.5. The molecule has 0 aromatic heterocycles. The van der Waals surface area contributed by atoms with E-state index < -0.39 is 18.3 Å². The maximum absolute atomic E-state index is 12.8. The first-order chi connectivity index (χ1) is 7.26. The molecule has 2 N–H and O–H groups in total. The van der Waals surface area contributed by atoms with E-state index in [0.29, 0.717) is 6.42 Å². The molecule has 1 amide bonds. The van der Waals surface area contributed by atoms with Crippen LogP contribution in [0.3, 0.4) is 0 Å². The Bertz CT molecular complexity index is 272. The van der Waals surface area contributed by atoms with Gasteiger partial charge in [-0.15, -0.1) is 0 Å². The quantitative estimate of drug-likeness (QED) is 0.736. The van der Waals surface area contributed by atoms with Crippen LogP contribution in [0.25, 0.3) is 0 Å². The van der Waals surface area contributed by atoms with E-state index in [1.54, 1.807) is 6.92 Å². The summed E-state index contributed by atoms with van der Waals surface area (Å²) in [6, 6.07) is -0.177. The van der Waals surface area contributed by atoms with Gasteiger partial charge in [0.05, 0.1) is 0 Å². The lowest BCUT2D eigenvalue weighted by Gasteiger charge is -2.36. The SMILES string of the molecule is CC1CN(C(=O)C(F)(F)C(F)F)CCC1N. The van der Waals surface area contributed by atoms with Crippen LogP contribution in [-0.4, -0.2) is 42.3 Å². The number of carbonyl (C=O) groups excluding carboxylic acids is 1. The Hall–Kier alpha value is -0.850. The number of piperidine rings is 1. The minimum absolute atomic E-state index is 0.00229. The lowest BCUT2D eigenvalue weighted by molar-refractivity contribution is -0.182. The first-order valence-electron chi connectivity index (χ1n) is 4.97. The molecule has 0 aromatic carbocycles. The predicted octanol–water partition coefficient (Wildman–Crippen LogP) is 1.08. The van der Waals surface area contributed by atoms with Gasteiger partial charge >= 0.3 is 12.3 Å². The number of carbonyl (C=O) groups is 1. The predicted molar refractivity (Wildman–Crippen MR) is 49.3 cm³/mol. The van der Waals surface area contributed by atoms with Gasteiger partial charge in [-0.05, 0) is 12.3 Å². The van der Waals surface area contributed by atoms with Crippen molar-refractivity contribution in [2.45, 2.75) is 31.7 Å². The van der Waals surface area contributed by atoms with Crippen LogP contribution in [0.2, 0.25) is 0 Å². The van der Waals surface area contributed by atoms with E-state index in [-0.39, 0.29) is 25.0 Å². The monoisotopic (exact) mass is 242 g/mol. The third-order valence-electron chi connectivity index (χ3n) is 2.82. The van der Waals surface area contributed by atoms with Crippen LogP contribution >= 0.6 is 0 Å². The molecule has 1 fully saturated rings. The Morgan fingerprint density at radius 2 is 2.06 bits per heavy atom. The smallest absolute Gasteiger partial charge is 0.337 e. The molecule has 0 aromatic rings. The summed E-state index contributed by atoms with van der Waals surface area (Å²) in [4.78, 5) is 11.9. The number of amides is 1. The zero-order valence-corrected chi connectivity index (χ0v) is 8.80. The summed E-state index contributed by atoms with van der Waals surface area (Å²) in [6.07, 6.45) is -3.61. The molecular weight excluding hydrogens is 228 g/mol. The summed E-state index contributed by atoms with van der Waals surface area (Å²) in [5, 5.41) is 0. The van der Waals surface area contributed by atoms with Crippen LogP contribution < -0.4 is 5.73 Å². The van der Waals surface area contributed by atoms with Crippen LogP contribution in [-0.2, 0) is 4.79 Å². The zero-order valence-electron chi connectivity index (χ0n) is 8.80. The van der Waals surface area contributed by atoms with Crippen molar-refractivity contribution < 1.29 is 22.4 Å². The normalized spacial score (nSPS) is 27.3. The van der Waals surface area contributed by atoms with E-state index in [1.165, 1.54) is 0 Å². The summed E-state index contributed by atoms with van der Waals surface area (Å²) in [6.45, 7) is 1.71. The molecule has 0 saturated carbocycles. The van der Waals surface area contributed by atoms with Crippen molar-refractivity contribution in [3.8, 4) is 0 Å². The molecule has 16 heavy (non-hydrogen) atoms. The van der Waals surface area contributed by atoms with Gasteiger partial charge in [-0.25, -0.2) is 8.78 Å². The second-order valence-electron chi connectivity index (χ2n) is 4.10. The summed E-state index contributed by atoms with van der Waals surface area (Å²) < 4.78 is 49.5. The Labute approximate surface area is 90.6 Å². The van der Waals surface area contributed by atoms with Crippen molar-refractivity contribution in [3.05, 3.63) is 0 Å². The van der Waals surface area contributed by atoms with Crippen LogP contribution in [0.5, 0.6) is 0 Å². The maximum atomic E-state index is 12.8. The standard InChI is InChI=1S/C9H14F4N2O/c1-5-4-15(3-2-6(5)14)8(16)9(12,13)7(10)11/h5-7H,2-4,14H2,1H3. The number of nitrogens with two attached hydrogens (primary N) is 1. The molecule has 0 aliphatic carbocycles. The van der Waals surface area contributed by atoms with Gasteiger partial charge in [0.15, 0.2) is 0 Å². The highest BCUT2D eigenvalue weighted by Gasteiger charge is 2.51. The highest BCUT2D eigenvalue weighted by atomic mass is 19.3. The number of likely N-dealkylation sites (tertiary alicyclic amines) is 1. The number of hydrogen-bond acceptors (Lipinski definition) is 2. The lowest BCUT2D eigenvalue weighted by atomic mass is 9.94. The third-order valence-corrected chi connectivity index (χ3v) is 2.82. The van der Waals surface area contributed by atoms with Gasteiger partial charge in [-0.1, -0.05) is 6.92 Å². The summed E-state index contributed by atoms with van der Waals surface area (Å²) >= 11 is 0. The first kappa shape index (κ1) is 13.2. The van der Waals surface area contributed by atoms with E-state index in [4.69, 9.17) is 5.73 Å². The fourth-order valence-corrected chi connectivity index (χ4v) is 1.65.